The van der Waals surface area contributed by atoms with Crippen molar-refractivity contribution < 1.29 is 80.5 Å². The second-order valence-electron chi connectivity index (χ2n) is 18.3. The Morgan fingerprint density at radius 1 is 0.936 bits per heavy atom. The number of rotatable bonds is 24. The van der Waals surface area contributed by atoms with Gasteiger partial charge >= 0.3 is 10.4 Å². The summed E-state index contributed by atoms with van der Waals surface area (Å²) < 4.78 is 69.8. The molecule has 4 heterocycles. The fourth-order valence-corrected chi connectivity index (χ4v) is 9.82. The van der Waals surface area contributed by atoms with Gasteiger partial charge in [-0.05, 0) is 78.0 Å². The number of alkyl halides is 1. The maximum Gasteiger partial charge on any atom is 0.501 e. The molecular formula is C51H59ClN8O17S. The number of hydrogen-bond acceptors (Lipinski definition) is 20. The molecule has 78 heavy (non-hydrogen) atoms. The minimum atomic E-state index is -5.26. The number of aliphatic hydroxyl groups excluding tert-OH is 4. The molecule has 0 aliphatic carbocycles. The van der Waals surface area contributed by atoms with Crippen LogP contribution in [0.4, 0.5) is 5.69 Å². The van der Waals surface area contributed by atoms with Crippen LogP contribution in [-0.2, 0) is 42.6 Å². The van der Waals surface area contributed by atoms with E-state index in [1.165, 1.54) is 36.1 Å². The zero-order valence-corrected chi connectivity index (χ0v) is 44.3. The van der Waals surface area contributed by atoms with Gasteiger partial charge in [0.05, 0.1) is 64.3 Å². The Bertz CT molecular complexity index is 3280. The molecule has 1 unspecified atom stereocenters. The number of nitrogens with one attached hydrogen (secondary N) is 2. The Balaban J connectivity index is 1.03. The highest BCUT2D eigenvalue weighted by molar-refractivity contribution is 7.82. The van der Waals surface area contributed by atoms with E-state index in [-0.39, 0.29) is 72.8 Å². The average molecular weight is 1120 g/mol. The van der Waals surface area contributed by atoms with Crippen LogP contribution in [0.2, 0.25) is 0 Å². The maximum atomic E-state index is 14.5. The third kappa shape index (κ3) is 12.9. The van der Waals surface area contributed by atoms with E-state index >= 15 is 0 Å². The van der Waals surface area contributed by atoms with E-state index < -0.39 is 76.9 Å². The van der Waals surface area contributed by atoms with Crippen LogP contribution in [0.5, 0.6) is 23.0 Å². The summed E-state index contributed by atoms with van der Waals surface area (Å²) in [4.78, 5) is 45.7. The van der Waals surface area contributed by atoms with Crippen molar-refractivity contribution in [2.45, 2.75) is 70.0 Å². The van der Waals surface area contributed by atoms with Crippen molar-refractivity contribution in [2.75, 3.05) is 71.0 Å². The average Bonchev–Trinajstić information content (AvgIpc) is 4.28. The van der Waals surface area contributed by atoms with Crippen LogP contribution in [0, 0.1) is 0 Å². The molecule has 0 bridgehead atoms. The Kier molecular flexibility index (Phi) is 18.4. The van der Waals surface area contributed by atoms with Crippen LogP contribution in [0.25, 0.3) is 21.7 Å². The second-order valence-corrected chi connectivity index (χ2v) is 19.7. The van der Waals surface area contributed by atoms with Gasteiger partial charge in [0, 0.05) is 72.8 Å². The number of likely N-dealkylation sites (N-methyl/N-ethyl adjacent to an activating group) is 1. The summed E-state index contributed by atoms with van der Waals surface area (Å²) in [6.07, 6.45) is -6.65. The van der Waals surface area contributed by atoms with Crippen molar-refractivity contribution in [3.8, 4) is 23.0 Å². The molecule has 418 valence electrons. The van der Waals surface area contributed by atoms with Gasteiger partial charge in [0.15, 0.2) is 17.2 Å². The summed E-state index contributed by atoms with van der Waals surface area (Å²) in [6, 6.07) is 16.5. The molecule has 2 aliphatic rings. The number of H-pyrrole nitrogens is 1. The SMILES string of the molecule is CCC(=O)NCCOCc1cn(CCOCCN(C)C(=O)c2ccc(O[C@@H]3O[C@H](CO)[C@H](O)[C@H](O)C3O)c(OS(=O)(=O)Oc3cc4c(c5cc(OC)ccc35)[C@H](CCl)CN4C(=O)c3cc4cc(/C(C)=N/O)ccc4[nH]3)c2)nn1. The van der Waals surface area contributed by atoms with Gasteiger partial charge in [0.25, 0.3) is 11.8 Å². The van der Waals surface area contributed by atoms with Crippen molar-refractivity contribution in [3.63, 3.8) is 0 Å². The quantitative estimate of drug-likeness (QED) is 0.0151. The van der Waals surface area contributed by atoms with E-state index in [0.29, 0.717) is 70.7 Å². The molecule has 0 radical (unpaired) electrons. The number of ether oxygens (including phenoxy) is 5. The van der Waals surface area contributed by atoms with Crippen molar-refractivity contribution in [2.24, 2.45) is 5.16 Å². The summed E-state index contributed by atoms with van der Waals surface area (Å²) in [5, 5.41) is 66.5. The van der Waals surface area contributed by atoms with Gasteiger partial charge < -0.3 is 77.8 Å². The fraction of sp³-hybridized carbons (Fsp3) is 0.412. The van der Waals surface area contributed by atoms with Crippen molar-refractivity contribution in [3.05, 3.63) is 101 Å². The van der Waals surface area contributed by atoms with E-state index in [9.17, 15) is 48.4 Å². The molecule has 0 saturated carbocycles. The highest BCUT2D eigenvalue weighted by Crippen LogP contribution is 2.47. The number of oxime groups is 1. The first-order chi connectivity index (χ1) is 37.4. The van der Waals surface area contributed by atoms with Crippen molar-refractivity contribution >= 4 is 72.8 Å². The van der Waals surface area contributed by atoms with Crippen LogP contribution in [0.1, 0.15) is 63.9 Å². The van der Waals surface area contributed by atoms with E-state index in [1.54, 1.807) is 67.2 Å². The molecule has 4 aromatic carbocycles. The first-order valence-electron chi connectivity index (χ1n) is 24.6. The number of carbonyl (C=O) groups excluding carboxylic acids is 3. The molecule has 1 fully saturated rings. The molecule has 6 aromatic rings. The van der Waals surface area contributed by atoms with E-state index in [1.807, 2.05) is 0 Å². The van der Waals surface area contributed by atoms with Gasteiger partial charge in [0.2, 0.25) is 12.2 Å². The zero-order chi connectivity index (χ0) is 55.8. The predicted molar refractivity (Wildman–Crippen MR) is 280 cm³/mol. The molecule has 1 saturated heterocycles. The van der Waals surface area contributed by atoms with Crippen molar-refractivity contribution in [1.82, 2.24) is 30.2 Å². The topological polar surface area (TPSA) is 328 Å². The smallest absolute Gasteiger partial charge is 0.497 e. The highest BCUT2D eigenvalue weighted by atomic mass is 35.5. The van der Waals surface area contributed by atoms with Crippen LogP contribution in [0.3, 0.4) is 0 Å². The van der Waals surface area contributed by atoms with Crippen molar-refractivity contribution in [1.29, 1.82) is 0 Å². The lowest BCUT2D eigenvalue weighted by molar-refractivity contribution is -0.277. The fourth-order valence-electron chi connectivity index (χ4n) is 8.82. The second kappa shape index (κ2) is 25.1. The number of benzene rings is 4. The molecule has 27 heteroatoms. The van der Waals surface area contributed by atoms with Gasteiger partial charge in [-0.1, -0.05) is 23.4 Å². The molecule has 7 N–H and O–H groups in total. The molecular weight excluding hydrogens is 1060 g/mol. The molecule has 8 rings (SSSR count). The van der Waals surface area contributed by atoms with Crippen LogP contribution in [0.15, 0.2) is 78.1 Å². The zero-order valence-electron chi connectivity index (χ0n) is 42.8. The lowest BCUT2D eigenvalue weighted by atomic mass is 9.95. The number of methoxy groups -OCH3 is 1. The lowest BCUT2D eigenvalue weighted by Gasteiger charge is -2.39. The Morgan fingerprint density at radius 3 is 2.46 bits per heavy atom. The van der Waals surface area contributed by atoms with Crippen LogP contribution < -0.4 is 28.1 Å². The predicted octanol–water partition coefficient (Wildman–Crippen LogP) is 2.82. The van der Waals surface area contributed by atoms with Crippen LogP contribution in [-0.4, -0.2) is 179 Å². The number of hydrogen-bond donors (Lipinski definition) is 7. The maximum absolute atomic E-state index is 14.5. The minimum absolute atomic E-state index is 0.0707. The number of halogens is 1. The first kappa shape index (κ1) is 57.0. The molecule has 3 amide bonds. The monoisotopic (exact) mass is 1120 g/mol. The van der Waals surface area contributed by atoms with E-state index in [2.05, 4.69) is 25.8 Å². The third-order valence-electron chi connectivity index (χ3n) is 13.1. The number of fused-ring (bicyclic) bond motifs is 4. The summed E-state index contributed by atoms with van der Waals surface area (Å²) in [5.41, 5.74) is 3.18. The molecule has 25 nitrogen and oxygen atoms in total. The van der Waals surface area contributed by atoms with Gasteiger partial charge in [-0.2, -0.15) is 0 Å². The standard InChI is InChI=1S/C51H59ClN8O17S/c1-5-44(62)53-12-15-73-27-33-25-59(57-55-33)14-17-72-16-13-58(3)49(66)30-7-11-40(74-51-48(65)47(64)46(63)43(26-61)75-51)42(20-30)77-78(69,70)76-41-22-39-45(36-21-34(71-4)8-9-35(36)41)32(23-52)24-60(39)50(67)38-19-31-18-29(28(2)56-68)6-10-37(31)54-38/h6-11,18-22,25,32,43,46-48,51,54,61,63-65,68H,5,12-17,23-24,26-27H2,1-4H3,(H,53,62)/b56-28+/t32-,43-,46+,47+,48?,51-/m1/s1. The number of amides is 3. The number of carbonyl (C=O) groups is 3. The number of aromatic amines is 1. The lowest BCUT2D eigenvalue weighted by Crippen LogP contribution is -2.60. The summed E-state index contributed by atoms with van der Waals surface area (Å²) in [5.74, 6) is -2.50. The largest absolute Gasteiger partial charge is 0.501 e. The van der Waals surface area contributed by atoms with E-state index in [4.69, 9.17) is 43.7 Å². The van der Waals surface area contributed by atoms with Gasteiger partial charge in [-0.3, -0.25) is 14.4 Å². The minimum Gasteiger partial charge on any atom is -0.497 e. The van der Waals surface area contributed by atoms with Gasteiger partial charge in [0.1, 0.15) is 41.6 Å². The van der Waals surface area contributed by atoms with Crippen LogP contribution >= 0.6 is 11.6 Å². The van der Waals surface area contributed by atoms with Gasteiger partial charge in [-0.15, -0.1) is 25.1 Å². The van der Waals surface area contributed by atoms with E-state index in [0.717, 1.165) is 12.1 Å². The number of nitrogens with zero attached hydrogens (tertiary/aromatic N) is 6. The molecule has 6 atom stereocenters. The molecule has 2 aliphatic heterocycles. The first-order valence-corrected chi connectivity index (χ1v) is 26.5. The Hall–Kier alpha value is -7.14. The highest BCUT2D eigenvalue weighted by Gasteiger charge is 2.45. The Morgan fingerprint density at radius 2 is 1.72 bits per heavy atom. The summed E-state index contributed by atoms with van der Waals surface area (Å²) in [7, 11) is -2.32. The normalized spacial score (nSPS) is 19.4. The third-order valence-corrected chi connectivity index (χ3v) is 14.2. The summed E-state index contributed by atoms with van der Waals surface area (Å²) >= 11 is 6.57. The Labute approximate surface area is 452 Å². The number of aliphatic hydroxyl groups is 4. The number of anilines is 1. The van der Waals surface area contributed by atoms with Gasteiger partial charge in [-0.25, -0.2) is 4.68 Å². The molecule has 2 aromatic heterocycles. The molecule has 0 spiro atoms. The number of aromatic nitrogens is 4. The summed E-state index contributed by atoms with van der Waals surface area (Å²) in [6.45, 7) is 4.27.